The maximum absolute atomic E-state index is 13.8. The van der Waals surface area contributed by atoms with Crippen LogP contribution >= 0.6 is 0 Å². The number of imide groups is 2. The summed E-state index contributed by atoms with van der Waals surface area (Å²) in [6, 6.07) is 17.0. The van der Waals surface area contributed by atoms with Crippen molar-refractivity contribution >= 4 is 67.0 Å². The van der Waals surface area contributed by atoms with Crippen molar-refractivity contribution in [1.29, 1.82) is 0 Å². The Morgan fingerprint density at radius 2 is 1.02 bits per heavy atom. The molecule has 2 aliphatic rings. The van der Waals surface area contributed by atoms with Gasteiger partial charge < -0.3 is 0 Å². The molecule has 6 aromatic rings. The molecule has 0 fully saturated rings. The molecule has 8 rings (SSSR count). The monoisotopic (exact) mass is 608 g/mol. The number of unbranched alkanes of at least 4 members (excludes halogenated alkanes) is 5. The number of hydrogen-bond donors (Lipinski definition) is 0. The first-order valence-corrected chi connectivity index (χ1v) is 16.2. The van der Waals surface area contributed by atoms with E-state index >= 15 is 0 Å². The Balaban J connectivity index is 1.22. The standard InChI is InChI=1S/C38H32N4O4/c1-2-3-4-5-6-10-18-41-35(43)25-15-13-23-31-29(25)27(37(41)45)20-39-33(31)24-14-16-26-30-28(21-40-34(23)32(24)30)38(46)42(36(26)44)19-17-22-11-8-7-9-12-22/h7-9,11-16,20-21H,2-6,10,17-19H2,1H3. The summed E-state index contributed by atoms with van der Waals surface area (Å²) in [7, 11) is 0. The van der Waals surface area contributed by atoms with Gasteiger partial charge in [0.15, 0.2) is 0 Å². The van der Waals surface area contributed by atoms with E-state index in [9.17, 15) is 19.2 Å². The second-order valence-corrected chi connectivity index (χ2v) is 12.4. The van der Waals surface area contributed by atoms with E-state index in [1.807, 2.05) is 42.5 Å². The van der Waals surface area contributed by atoms with Crippen LogP contribution in [0.4, 0.5) is 0 Å². The highest BCUT2D eigenvalue weighted by molar-refractivity contribution is 6.39. The Labute approximate surface area is 265 Å². The maximum Gasteiger partial charge on any atom is 0.262 e. The highest BCUT2D eigenvalue weighted by atomic mass is 16.2. The van der Waals surface area contributed by atoms with Crippen molar-refractivity contribution in [2.75, 3.05) is 13.1 Å². The fourth-order valence-corrected chi connectivity index (χ4v) is 7.37. The van der Waals surface area contributed by atoms with E-state index in [0.717, 1.165) is 42.0 Å². The number of hydrogen-bond acceptors (Lipinski definition) is 6. The Hall–Kier alpha value is -5.24. The predicted molar refractivity (Wildman–Crippen MR) is 177 cm³/mol. The van der Waals surface area contributed by atoms with Gasteiger partial charge in [-0.2, -0.15) is 0 Å². The molecule has 0 radical (unpaired) electrons. The van der Waals surface area contributed by atoms with Crippen LogP contribution in [0.5, 0.6) is 0 Å². The van der Waals surface area contributed by atoms with Crippen LogP contribution in [0.3, 0.4) is 0 Å². The molecule has 0 aliphatic carbocycles. The fraction of sp³-hybridized carbons (Fsp3) is 0.263. The van der Waals surface area contributed by atoms with Gasteiger partial charge in [-0.15, -0.1) is 0 Å². The molecule has 0 unspecified atom stereocenters. The van der Waals surface area contributed by atoms with Crippen molar-refractivity contribution in [3.8, 4) is 0 Å². The third-order valence-electron chi connectivity index (χ3n) is 9.68. The summed E-state index contributed by atoms with van der Waals surface area (Å²) in [5.74, 6) is -1.30. The summed E-state index contributed by atoms with van der Waals surface area (Å²) >= 11 is 0. The largest absolute Gasteiger partial charge is 0.274 e. The third-order valence-corrected chi connectivity index (χ3v) is 9.68. The first kappa shape index (κ1) is 28.2. The van der Waals surface area contributed by atoms with Crippen LogP contribution in [-0.2, 0) is 6.42 Å². The van der Waals surface area contributed by atoms with Crippen LogP contribution in [0, 0.1) is 0 Å². The second-order valence-electron chi connectivity index (χ2n) is 12.4. The van der Waals surface area contributed by atoms with Gasteiger partial charge in [0.2, 0.25) is 0 Å². The van der Waals surface area contributed by atoms with Gasteiger partial charge in [-0.25, -0.2) is 0 Å². The number of nitrogens with zero attached hydrogens (tertiary/aromatic N) is 4. The minimum Gasteiger partial charge on any atom is -0.274 e. The summed E-state index contributed by atoms with van der Waals surface area (Å²) in [5.41, 5.74) is 4.00. The number of rotatable bonds is 10. The van der Waals surface area contributed by atoms with Crippen LogP contribution in [0.1, 0.15) is 92.4 Å². The zero-order valence-electron chi connectivity index (χ0n) is 25.6. The van der Waals surface area contributed by atoms with Gasteiger partial charge in [-0.05, 0) is 30.5 Å². The zero-order chi connectivity index (χ0) is 31.5. The second kappa shape index (κ2) is 11.0. The molecule has 0 atom stereocenters. The maximum atomic E-state index is 13.8. The van der Waals surface area contributed by atoms with Crippen molar-refractivity contribution in [3.05, 3.63) is 94.8 Å². The van der Waals surface area contributed by atoms with E-state index in [0.29, 0.717) is 67.8 Å². The van der Waals surface area contributed by atoms with Crippen LogP contribution in [0.15, 0.2) is 67.0 Å². The number of aromatic nitrogens is 2. The topological polar surface area (TPSA) is 101 Å². The number of pyridine rings is 2. The van der Waals surface area contributed by atoms with Crippen LogP contribution in [0.2, 0.25) is 0 Å². The van der Waals surface area contributed by atoms with Gasteiger partial charge >= 0.3 is 0 Å². The SMILES string of the molecule is CCCCCCCCN1C(=O)c2ccc3c4ncc5c6c(ccc(c7ncc(c2c37)C1=O)c64)C(=O)N(CCc1ccccc1)C5=O. The molecule has 0 spiro atoms. The molecule has 2 aliphatic heterocycles. The summed E-state index contributed by atoms with van der Waals surface area (Å²) in [4.78, 5) is 67.2. The van der Waals surface area contributed by atoms with Gasteiger partial charge in [-0.1, -0.05) is 81.5 Å². The average Bonchev–Trinajstić information content (AvgIpc) is 3.08. The smallest absolute Gasteiger partial charge is 0.262 e. The van der Waals surface area contributed by atoms with Crippen LogP contribution < -0.4 is 0 Å². The van der Waals surface area contributed by atoms with Gasteiger partial charge in [0.1, 0.15) is 0 Å². The molecular weight excluding hydrogens is 576 g/mol. The van der Waals surface area contributed by atoms with Gasteiger partial charge in [0.05, 0.1) is 22.2 Å². The van der Waals surface area contributed by atoms with Gasteiger partial charge in [0, 0.05) is 68.9 Å². The Kier molecular flexibility index (Phi) is 6.74. The molecule has 0 N–H and O–H groups in total. The number of carbonyl (C=O) groups excluding carboxylic acids is 4. The lowest BCUT2D eigenvalue weighted by Crippen LogP contribution is -2.41. The minimum absolute atomic E-state index is 0.263. The van der Waals surface area contributed by atoms with E-state index in [2.05, 4.69) is 6.92 Å². The van der Waals surface area contributed by atoms with Crippen LogP contribution in [-0.4, -0.2) is 56.5 Å². The van der Waals surface area contributed by atoms with Crippen molar-refractivity contribution in [1.82, 2.24) is 19.8 Å². The lowest BCUT2D eigenvalue weighted by molar-refractivity contribution is 0.0594. The van der Waals surface area contributed by atoms with Gasteiger partial charge in [0.25, 0.3) is 23.6 Å². The van der Waals surface area contributed by atoms with Crippen LogP contribution in [0.25, 0.3) is 43.4 Å². The predicted octanol–water partition coefficient (Wildman–Crippen LogP) is 7.32. The molecule has 4 aromatic carbocycles. The number of amides is 4. The number of fused-ring (bicyclic) bond motifs is 2. The van der Waals surface area contributed by atoms with Crippen molar-refractivity contribution in [2.24, 2.45) is 0 Å². The summed E-state index contributed by atoms with van der Waals surface area (Å²) < 4.78 is 0. The molecule has 4 heterocycles. The first-order chi connectivity index (χ1) is 22.5. The molecule has 0 saturated heterocycles. The highest BCUT2D eigenvalue weighted by Gasteiger charge is 2.37. The molecule has 228 valence electrons. The molecule has 2 aromatic heterocycles. The van der Waals surface area contributed by atoms with Gasteiger partial charge in [-0.3, -0.25) is 38.9 Å². The Morgan fingerprint density at radius 3 is 1.59 bits per heavy atom. The molecular formula is C38H32N4O4. The van der Waals surface area contributed by atoms with E-state index in [-0.39, 0.29) is 30.2 Å². The average molecular weight is 609 g/mol. The minimum atomic E-state index is -0.365. The van der Waals surface area contributed by atoms with Crippen molar-refractivity contribution < 1.29 is 19.2 Å². The Bertz CT molecular complexity index is 2120. The number of carbonyl (C=O) groups is 4. The molecule has 8 heteroatoms. The summed E-state index contributed by atoms with van der Waals surface area (Å²) in [5, 5.41) is 4.03. The van der Waals surface area contributed by atoms with E-state index < -0.39 is 0 Å². The first-order valence-electron chi connectivity index (χ1n) is 16.2. The molecule has 46 heavy (non-hydrogen) atoms. The molecule has 4 amide bonds. The van der Waals surface area contributed by atoms with Crippen molar-refractivity contribution in [3.63, 3.8) is 0 Å². The van der Waals surface area contributed by atoms with E-state index in [1.165, 1.54) is 22.6 Å². The van der Waals surface area contributed by atoms with E-state index in [1.54, 1.807) is 24.5 Å². The summed E-state index contributed by atoms with van der Waals surface area (Å²) in [6.07, 6.45) is 10.0. The lowest BCUT2D eigenvalue weighted by Gasteiger charge is -2.29. The third kappa shape index (κ3) is 4.12. The lowest BCUT2D eigenvalue weighted by atomic mass is 9.86. The van der Waals surface area contributed by atoms with Crippen molar-refractivity contribution in [2.45, 2.75) is 51.9 Å². The molecule has 0 bridgehead atoms. The summed E-state index contributed by atoms with van der Waals surface area (Å²) in [6.45, 7) is 2.82. The zero-order valence-corrected chi connectivity index (χ0v) is 25.6. The molecule has 8 nitrogen and oxygen atoms in total. The normalized spacial score (nSPS) is 14.6. The molecule has 0 saturated carbocycles. The Morgan fingerprint density at radius 1 is 0.522 bits per heavy atom. The quantitative estimate of drug-likeness (QED) is 0.0699. The van der Waals surface area contributed by atoms with E-state index in [4.69, 9.17) is 9.97 Å². The highest BCUT2D eigenvalue weighted by Crippen LogP contribution is 2.44. The number of benzene rings is 4. The fourth-order valence-electron chi connectivity index (χ4n) is 7.37.